The minimum absolute atomic E-state index is 0.0542. The van der Waals surface area contributed by atoms with Crippen molar-refractivity contribution in [3.8, 4) is 6.01 Å². The van der Waals surface area contributed by atoms with Gasteiger partial charge in [-0.05, 0) is 24.8 Å². The largest absolute Gasteiger partial charge is 0.456 e. The number of aliphatic hydroxyl groups is 1. The van der Waals surface area contributed by atoms with Crippen molar-refractivity contribution in [3.05, 3.63) is 11.1 Å². The summed E-state index contributed by atoms with van der Waals surface area (Å²) in [5.74, 6) is -1.18. The van der Waals surface area contributed by atoms with Crippen molar-refractivity contribution in [2.45, 2.75) is 37.0 Å². The van der Waals surface area contributed by atoms with E-state index >= 15 is 0 Å². The van der Waals surface area contributed by atoms with Gasteiger partial charge in [0.15, 0.2) is 17.9 Å². The lowest BCUT2D eigenvalue weighted by Gasteiger charge is -2.22. The standard InChI is InChI=1S/C18H22ClFN4O5/c19-10-5-11-16(23-15(10)21-6-9-1-3-26-4-2-9)24-17(22-11)29-12-7-28-18(20)13(25)8-27-14(12)18/h5,9,12-14,25H,1-4,6-8H2,(H2,21,22,23,24)/t12-,13-,14-,18-/m1/s1. The van der Waals surface area contributed by atoms with Crippen LogP contribution in [0.25, 0.3) is 11.2 Å². The first-order valence-corrected chi connectivity index (χ1v) is 10.1. The van der Waals surface area contributed by atoms with Crippen molar-refractivity contribution in [2.24, 2.45) is 5.92 Å². The predicted molar refractivity (Wildman–Crippen MR) is 101 cm³/mol. The maximum atomic E-state index is 14.6. The Hall–Kier alpha value is -1.72. The van der Waals surface area contributed by atoms with Crippen LogP contribution in [0.4, 0.5) is 10.2 Å². The highest BCUT2D eigenvalue weighted by molar-refractivity contribution is 6.33. The van der Waals surface area contributed by atoms with Gasteiger partial charge >= 0.3 is 0 Å². The highest BCUT2D eigenvalue weighted by Gasteiger charge is 2.62. The minimum Gasteiger partial charge on any atom is -0.456 e. The lowest BCUT2D eigenvalue weighted by Crippen LogP contribution is -2.43. The number of hydrogen-bond donors (Lipinski definition) is 3. The number of alkyl halides is 1. The number of fused-ring (bicyclic) bond motifs is 2. The molecule has 0 unspecified atom stereocenters. The molecule has 2 aromatic rings. The Morgan fingerprint density at radius 1 is 1.34 bits per heavy atom. The van der Waals surface area contributed by atoms with Crippen LogP contribution in [-0.4, -0.2) is 77.2 Å². The number of hydrogen-bond acceptors (Lipinski definition) is 8. The number of anilines is 1. The molecule has 0 aromatic carbocycles. The SMILES string of the molecule is O[C@@H]1CO[C@@H]2[C@H](Oc3nc4nc(NCC5CCOCC5)c(Cl)cc4[nH]3)CO[C@]12F. The number of halogens is 2. The first-order chi connectivity index (χ1) is 14.0. The zero-order valence-electron chi connectivity index (χ0n) is 15.6. The zero-order valence-corrected chi connectivity index (χ0v) is 16.3. The Morgan fingerprint density at radius 3 is 3.00 bits per heavy atom. The van der Waals surface area contributed by atoms with Gasteiger partial charge in [0.05, 0.1) is 23.8 Å². The third-order valence-corrected chi connectivity index (χ3v) is 5.94. The molecule has 29 heavy (non-hydrogen) atoms. The van der Waals surface area contributed by atoms with Crippen molar-refractivity contribution in [3.63, 3.8) is 0 Å². The van der Waals surface area contributed by atoms with Gasteiger partial charge in [0, 0.05) is 19.8 Å². The summed E-state index contributed by atoms with van der Waals surface area (Å²) in [4.78, 5) is 11.8. The molecule has 0 bridgehead atoms. The number of rotatable bonds is 5. The van der Waals surface area contributed by atoms with E-state index in [0.29, 0.717) is 27.9 Å². The molecule has 4 atom stereocenters. The number of nitrogens with zero attached hydrogens (tertiary/aromatic N) is 2. The molecule has 0 radical (unpaired) electrons. The minimum atomic E-state index is -2.25. The van der Waals surface area contributed by atoms with Crippen LogP contribution >= 0.6 is 11.6 Å². The van der Waals surface area contributed by atoms with E-state index in [-0.39, 0.29) is 19.2 Å². The van der Waals surface area contributed by atoms with Gasteiger partial charge in [0.1, 0.15) is 11.9 Å². The second-order valence-electron chi connectivity index (χ2n) is 7.60. The van der Waals surface area contributed by atoms with Crippen molar-refractivity contribution in [1.82, 2.24) is 15.0 Å². The third kappa shape index (κ3) is 3.53. The van der Waals surface area contributed by atoms with E-state index in [2.05, 4.69) is 20.3 Å². The number of nitrogens with one attached hydrogen (secondary N) is 2. The van der Waals surface area contributed by atoms with E-state index in [9.17, 15) is 9.50 Å². The van der Waals surface area contributed by atoms with Crippen LogP contribution in [0.1, 0.15) is 12.8 Å². The normalized spacial score (nSPS) is 32.6. The van der Waals surface area contributed by atoms with Crippen molar-refractivity contribution in [2.75, 3.05) is 38.3 Å². The number of ether oxygens (including phenoxy) is 4. The number of H-pyrrole nitrogens is 1. The van der Waals surface area contributed by atoms with Crippen LogP contribution in [0.3, 0.4) is 0 Å². The molecule has 0 aliphatic carbocycles. The van der Waals surface area contributed by atoms with Gasteiger partial charge in [-0.2, -0.15) is 4.98 Å². The molecule has 0 spiro atoms. The molecule has 2 aromatic heterocycles. The molecule has 3 aliphatic heterocycles. The average molecular weight is 429 g/mol. The van der Waals surface area contributed by atoms with Crippen LogP contribution in [0.2, 0.25) is 5.02 Å². The van der Waals surface area contributed by atoms with Gasteiger partial charge in [-0.15, -0.1) is 0 Å². The van der Waals surface area contributed by atoms with Gasteiger partial charge in [0.25, 0.3) is 11.9 Å². The van der Waals surface area contributed by atoms with Crippen LogP contribution in [0.15, 0.2) is 6.07 Å². The second kappa shape index (κ2) is 7.51. The molecule has 3 aliphatic rings. The van der Waals surface area contributed by atoms with Crippen LogP contribution in [-0.2, 0) is 14.2 Å². The van der Waals surface area contributed by atoms with E-state index < -0.39 is 24.2 Å². The molecule has 3 fully saturated rings. The first-order valence-electron chi connectivity index (χ1n) is 9.70. The number of aromatic amines is 1. The summed E-state index contributed by atoms with van der Waals surface area (Å²) in [6.45, 7) is 2.12. The van der Waals surface area contributed by atoms with Crippen LogP contribution < -0.4 is 10.1 Å². The second-order valence-corrected chi connectivity index (χ2v) is 8.01. The lowest BCUT2D eigenvalue weighted by molar-refractivity contribution is -0.169. The Bertz CT molecular complexity index is 895. The first kappa shape index (κ1) is 19.3. The van der Waals surface area contributed by atoms with Crippen LogP contribution in [0, 0.1) is 5.92 Å². The van der Waals surface area contributed by atoms with Crippen LogP contribution in [0.5, 0.6) is 6.01 Å². The molecule has 9 nitrogen and oxygen atoms in total. The fraction of sp³-hybridized carbons (Fsp3) is 0.667. The van der Waals surface area contributed by atoms with Gasteiger partial charge in [0.2, 0.25) is 0 Å². The highest BCUT2D eigenvalue weighted by Crippen LogP contribution is 2.40. The summed E-state index contributed by atoms with van der Waals surface area (Å²) < 4.78 is 36.2. The van der Waals surface area contributed by atoms with E-state index in [1.54, 1.807) is 6.07 Å². The van der Waals surface area contributed by atoms with Crippen molar-refractivity contribution in [1.29, 1.82) is 0 Å². The van der Waals surface area contributed by atoms with Gasteiger partial charge in [-0.1, -0.05) is 11.6 Å². The molecular formula is C18H22ClFN4O5. The van der Waals surface area contributed by atoms with Gasteiger partial charge in [-0.25, -0.2) is 9.37 Å². The number of aromatic nitrogens is 3. The van der Waals surface area contributed by atoms with E-state index in [0.717, 1.165) is 32.6 Å². The van der Waals surface area contributed by atoms with E-state index in [4.69, 9.17) is 30.5 Å². The quantitative estimate of drug-likeness (QED) is 0.659. The Labute approximate surface area is 170 Å². The van der Waals surface area contributed by atoms with Crippen molar-refractivity contribution < 1.29 is 28.4 Å². The van der Waals surface area contributed by atoms with E-state index in [1.165, 1.54) is 0 Å². The van der Waals surface area contributed by atoms with E-state index in [1.807, 2.05) is 0 Å². The highest BCUT2D eigenvalue weighted by atomic mass is 35.5. The lowest BCUT2D eigenvalue weighted by atomic mass is 10.0. The summed E-state index contributed by atoms with van der Waals surface area (Å²) in [7, 11) is 0. The Balaban J connectivity index is 1.29. The number of imidazole rings is 1. The molecule has 5 heterocycles. The molecule has 3 saturated heterocycles. The predicted octanol–water partition coefficient (Wildman–Crippen LogP) is 1.65. The van der Waals surface area contributed by atoms with Gasteiger partial charge in [-0.3, -0.25) is 0 Å². The summed E-state index contributed by atoms with van der Waals surface area (Å²) in [6.07, 6.45) is -1.07. The number of aliphatic hydroxyl groups excluding tert-OH is 1. The fourth-order valence-corrected chi connectivity index (χ4v) is 4.17. The third-order valence-electron chi connectivity index (χ3n) is 5.65. The topological polar surface area (TPSA) is 111 Å². The monoisotopic (exact) mass is 428 g/mol. The summed E-state index contributed by atoms with van der Waals surface area (Å²) in [5.41, 5.74) is 1.02. The maximum Gasteiger partial charge on any atom is 0.296 e. The molecule has 5 rings (SSSR count). The number of pyridine rings is 1. The Kier molecular flexibility index (Phi) is 4.99. The molecule has 0 amide bonds. The van der Waals surface area contributed by atoms with Gasteiger partial charge < -0.3 is 34.4 Å². The van der Waals surface area contributed by atoms with Crippen molar-refractivity contribution >= 4 is 28.6 Å². The molecular weight excluding hydrogens is 407 g/mol. The average Bonchev–Trinajstić information content (AvgIpc) is 3.34. The summed E-state index contributed by atoms with van der Waals surface area (Å²) in [5, 5.41) is 13.5. The molecule has 11 heteroatoms. The smallest absolute Gasteiger partial charge is 0.296 e. The zero-order chi connectivity index (χ0) is 20.0. The fourth-order valence-electron chi connectivity index (χ4n) is 3.95. The molecule has 0 saturated carbocycles. The summed E-state index contributed by atoms with van der Waals surface area (Å²) >= 11 is 6.35. The Morgan fingerprint density at radius 2 is 2.17 bits per heavy atom. The molecule has 158 valence electrons. The summed E-state index contributed by atoms with van der Waals surface area (Å²) in [6, 6.07) is 1.88. The maximum absolute atomic E-state index is 14.6. The molecule has 3 N–H and O–H groups in total.